The number of hydrogen-bond acceptors (Lipinski definition) is 5. The Balaban J connectivity index is 2.25. The normalized spacial score (nSPS) is 21.4. The molecule has 0 bridgehead atoms. The topological polar surface area (TPSA) is 127 Å². The zero-order valence-electron chi connectivity index (χ0n) is 12.1. The van der Waals surface area contributed by atoms with Crippen molar-refractivity contribution in [3.63, 3.8) is 0 Å². The summed E-state index contributed by atoms with van der Waals surface area (Å²) in [6.07, 6.45) is 0.515. The monoisotopic (exact) mass is 307 g/mol. The number of amides is 1. The van der Waals surface area contributed by atoms with Gasteiger partial charge in [-0.2, -0.15) is 0 Å². The summed E-state index contributed by atoms with van der Waals surface area (Å²) in [7, 11) is 0. The fraction of sp³-hybridized carbons (Fsp3) is 0.429. The molecule has 0 aliphatic carbocycles. The van der Waals surface area contributed by atoms with Crippen molar-refractivity contribution in [2.24, 2.45) is 11.8 Å². The number of nitro benzene ring substituents is 1. The van der Waals surface area contributed by atoms with Crippen LogP contribution in [0.25, 0.3) is 0 Å². The Labute approximate surface area is 126 Å². The minimum absolute atomic E-state index is 0.0167. The van der Waals surface area contributed by atoms with E-state index >= 15 is 0 Å². The average Bonchev–Trinajstić information content (AvgIpc) is 2.46. The highest BCUT2D eigenvalue weighted by Crippen LogP contribution is 2.26. The molecule has 1 fully saturated rings. The largest absolute Gasteiger partial charge is 0.481 e. The van der Waals surface area contributed by atoms with Crippen molar-refractivity contribution in [2.45, 2.75) is 13.3 Å². The molecule has 1 heterocycles. The third-order valence-electron chi connectivity index (χ3n) is 3.77. The van der Waals surface area contributed by atoms with E-state index in [0.29, 0.717) is 13.0 Å². The molecule has 2 unspecified atom stereocenters. The van der Waals surface area contributed by atoms with Crippen LogP contribution in [0.2, 0.25) is 0 Å². The molecule has 8 heteroatoms. The van der Waals surface area contributed by atoms with Gasteiger partial charge in [0.05, 0.1) is 10.8 Å². The van der Waals surface area contributed by atoms with Crippen molar-refractivity contribution in [1.82, 2.24) is 4.90 Å². The van der Waals surface area contributed by atoms with E-state index in [9.17, 15) is 19.7 Å². The lowest BCUT2D eigenvalue weighted by Gasteiger charge is -2.34. The molecule has 1 aliphatic rings. The SMILES string of the molecule is CC1CC(C(=O)O)CN(C(=O)c2ccc(N)c([N+](=O)[O-])c2)C1. The lowest BCUT2D eigenvalue weighted by Crippen LogP contribution is -2.45. The number of nitrogen functional groups attached to an aromatic ring is 1. The molecule has 1 amide bonds. The molecule has 1 aromatic carbocycles. The molecular weight excluding hydrogens is 290 g/mol. The number of carbonyl (C=O) groups is 2. The summed E-state index contributed by atoms with van der Waals surface area (Å²) in [6.45, 7) is 2.41. The van der Waals surface area contributed by atoms with Crippen LogP contribution in [0.4, 0.5) is 11.4 Å². The Hall–Kier alpha value is -2.64. The first-order chi connectivity index (χ1) is 10.3. The van der Waals surface area contributed by atoms with E-state index in [0.717, 1.165) is 6.07 Å². The number of nitrogens with zero attached hydrogens (tertiary/aromatic N) is 2. The van der Waals surface area contributed by atoms with Gasteiger partial charge in [0.2, 0.25) is 0 Å². The molecule has 1 aromatic rings. The summed E-state index contributed by atoms with van der Waals surface area (Å²) in [5.74, 6) is -1.91. The van der Waals surface area contributed by atoms with Crippen LogP contribution in [-0.4, -0.2) is 39.9 Å². The number of carbonyl (C=O) groups excluding carboxylic acids is 1. The quantitative estimate of drug-likeness (QED) is 0.493. The first kappa shape index (κ1) is 15.7. The van der Waals surface area contributed by atoms with Crippen LogP contribution >= 0.6 is 0 Å². The maximum atomic E-state index is 12.5. The van der Waals surface area contributed by atoms with Crippen LogP contribution in [0.5, 0.6) is 0 Å². The molecule has 0 spiro atoms. The molecule has 22 heavy (non-hydrogen) atoms. The fourth-order valence-corrected chi connectivity index (χ4v) is 2.71. The summed E-state index contributed by atoms with van der Waals surface area (Å²) in [5, 5.41) is 20.0. The standard InChI is InChI=1S/C14H17N3O5/c1-8-4-10(14(19)20)7-16(6-8)13(18)9-2-3-11(15)12(5-9)17(21)22/h2-3,5,8,10H,4,6-7,15H2,1H3,(H,19,20). The minimum Gasteiger partial charge on any atom is -0.481 e. The number of nitro groups is 1. The molecule has 1 saturated heterocycles. The maximum absolute atomic E-state index is 12.5. The van der Waals surface area contributed by atoms with Crippen molar-refractivity contribution in [1.29, 1.82) is 0 Å². The van der Waals surface area contributed by atoms with E-state index in [2.05, 4.69) is 0 Å². The zero-order chi connectivity index (χ0) is 16.4. The number of anilines is 1. The van der Waals surface area contributed by atoms with Gasteiger partial charge in [-0.15, -0.1) is 0 Å². The number of aliphatic carboxylic acids is 1. The van der Waals surface area contributed by atoms with Crippen molar-refractivity contribution in [3.05, 3.63) is 33.9 Å². The predicted molar refractivity (Wildman–Crippen MR) is 78.3 cm³/mol. The lowest BCUT2D eigenvalue weighted by atomic mass is 9.90. The third-order valence-corrected chi connectivity index (χ3v) is 3.77. The van der Waals surface area contributed by atoms with Gasteiger partial charge in [0, 0.05) is 24.7 Å². The molecule has 0 radical (unpaired) electrons. The number of carboxylic acid groups (broad SMARTS) is 1. The molecule has 8 nitrogen and oxygen atoms in total. The van der Waals surface area contributed by atoms with Gasteiger partial charge in [-0.05, 0) is 24.5 Å². The van der Waals surface area contributed by atoms with Crippen LogP contribution in [-0.2, 0) is 4.79 Å². The zero-order valence-corrected chi connectivity index (χ0v) is 12.1. The van der Waals surface area contributed by atoms with Crippen LogP contribution < -0.4 is 5.73 Å². The lowest BCUT2D eigenvalue weighted by molar-refractivity contribution is -0.383. The second-order valence-corrected chi connectivity index (χ2v) is 5.62. The minimum atomic E-state index is -0.937. The van der Waals surface area contributed by atoms with Gasteiger partial charge < -0.3 is 15.7 Å². The number of rotatable bonds is 3. The van der Waals surface area contributed by atoms with Crippen LogP contribution in [0.15, 0.2) is 18.2 Å². The van der Waals surface area contributed by atoms with E-state index in [1.807, 2.05) is 6.92 Å². The van der Waals surface area contributed by atoms with Gasteiger partial charge in [0.15, 0.2) is 0 Å². The van der Waals surface area contributed by atoms with Crippen molar-refractivity contribution >= 4 is 23.3 Å². The van der Waals surface area contributed by atoms with Crippen molar-refractivity contribution < 1.29 is 19.6 Å². The fourth-order valence-electron chi connectivity index (χ4n) is 2.71. The highest BCUT2D eigenvalue weighted by atomic mass is 16.6. The van der Waals surface area contributed by atoms with Gasteiger partial charge in [0.1, 0.15) is 5.69 Å². The summed E-state index contributed by atoms with van der Waals surface area (Å²) in [6, 6.07) is 3.86. The molecule has 2 atom stereocenters. The Morgan fingerprint density at radius 3 is 2.68 bits per heavy atom. The molecule has 1 aliphatic heterocycles. The summed E-state index contributed by atoms with van der Waals surface area (Å²) in [4.78, 5) is 35.3. The second kappa shape index (κ2) is 6.00. The average molecular weight is 307 g/mol. The van der Waals surface area contributed by atoms with E-state index in [1.54, 1.807) is 0 Å². The highest BCUT2D eigenvalue weighted by Gasteiger charge is 2.32. The number of hydrogen-bond donors (Lipinski definition) is 2. The van der Waals surface area contributed by atoms with Gasteiger partial charge in [-0.1, -0.05) is 6.92 Å². The first-order valence-corrected chi connectivity index (χ1v) is 6.85. The number of nitrogens with two attached hydrogens (primary N) is 1. The number of benzene rings is 1. The molecule has 3 N–H and O–H groups in total. The first-order valence-electron chi connectivity index (χ1n) is 6.85. The Morgan fingerprint density at radius 2 is 2.09 bits per heavy atom. The summed E-state index contributed by atoms with van der Waals surface area (Å²) in [5.41, 5.74) is 5.30. The van der Waals surface area contributed by atoms with E-state index in [1.165, 1.54) is 17.0 Å². The highest BCUT2D eigenvalue weighted by molar-refractivity contribution is 5.96. The maximum Gasteiger partial charge on any atom is 0.308 e. The Kier molecular flexibility index (Phi) is 4.30. The Bertz CT molecular complexity index is 631. The number of piperidine rings is 1. The van der Waals surface area contributed by atoms with Crippen LogP contribution in [0, 0.1) is 22.0 Å². The van der Waals surface area contributed by atoms with E-state index < -0.39 is 22.7 Å². The van der Waals surface area contributed by atoms with Crippen LogP contribution in [0.3, 0.4) is 0 Å². The predicted octanol–water partition coefficient (Wildman–Crippen LogP) is 1.36. The molecule has 2 rings (SSSR count). The summed E-state index contributed by atoms with van der Waals surface area (Å²) < 4.78 is 0. The number of carboxylic acids is 1. The van der Waals surface area contributed by atoms with Gasteiger partial charge >= 0.3 is 5.97 Å². The second-order valence-electron chi connectivity index (χ2n) is 5.62. The molecule has 0 aromatic heterocycles. The van der Waals surface area contributed by atoms with Crippen LogP contribution in [0.1, 0.15) is 23.7 Å². The van der Waals surface area contributed by atoms with Crippen molar-refractivity contribution in [3.8, 4) is 0 Å². The molecule has 118 valence electrons. The Morgan fingerprint density at radius 1 is 1.41 bits per heavy atom. The van der Waals surface area contributed by atoms with E-state index in [-0.39, 0.29) is 29.4 Å². The smallest absolute Gasteiger partial charge is 0.308 e. The molecule has 0 saturated carbocycles. The van der Waals surface area contributed by atoms with E-state index in [4.69, 9.17) is 10.8 Å². The third kappa shape index (κ3) is 3.16. The number of likely N-dealkylation sites (tertiary alicyclic amines) is 1. The van der Waals surface area contributed by atoms with Gasteiger partial charge in [0.25, 0.3) is 11.6 Å². The van der Waals surface area contributed by atoms with Gasteiger partial charge in [-0.25, -0.2) is 0 Å². The van der Waals surface area contributed by atoms with Gasteiger partial charge in [-0.3, -0.25) is 19.7 Å². The van der Waals surface area contributed by atoms with Crippen molar-refractivity contribution in [2.75, 3.05) is 18.8 Å². The summed E-state index contributed by atoms with van der Waals surface area (Å²) >= 11 is 0. The molecular formula is C14H17N3O5.